The summed E-state index contributed by atoms with van der Waals surface area (Å²) >= 11 is 0. The first-order chi connectivity index (χ1) is 16.3. The average Bonchev–Trinajstić information content (AvgIpc) is 2.78. The monoisotopic (exact) mass is 501 g/mol. The lowest BCUT2D eigenvalue weighted by atomic mass is 10.1. The number of carbonyl (C=O) groups is 3. The molecule has 9 heteroatoms. The fourth-order valence-corrected chi connectivity index (χ4v) is 4.38. The third kappa shape index (κ3) is 8.20. The van der Waals surface area contributed by atoms with Crippen molar-refractivity contribution in [3.63, 3.8) is 0 Å². The van der Waals surface area contributed by atoms with Gasteiger partial charge in [-0.05, 0) is 44.4 Å². The quantitative estimate of drug-likeness (QED) is 0.477. The van der Waals surface area contributed by atoms with Gasteiger partial charge < -0.3 is 10.2 Å². The van der Waals surface area contributed by atoms with E-state index in [4.69, 9.17) is 0 Å². The molecule has 0 spiro atoms. The van der Waals surface area contributed by atoms with Crippen molar-refractivity contribution >= 4 is 33.3 Å². The average molecular weight is 502 g/mol. The van der Waals surface area contributed by atoms with Crippen molar-refractivity contribution in [2.45, 2.75) is 47.2 Å². The molecule has 0 aromatic heterocycles. The molecule has 1 N–H and O–H groups in total. The van der Waals surface area contributed by atoms with E-state index in [0.29, 0.717) is 12.1 Å². The summed E-state index contributed by atoms with van der Waals surface area (Å²) in [7, 11) is -3.86. The van der Waals surface area contributed by atoms with Crippen molar-refractivity contribution < 1.29 is 22.8 Å². The van der Waals surface area contributed by atoms with Gasteiger partial charge in [-0.2, -0.15) is 0 Å². The first-order valence-corrected chi connectivity index (χ1v) is 13.4. The molecule has 2 rings (SSSR count). The van der Waals surface area contributed by atoms with Crippen LogP contribution in [0.3, 0.4) is 0 Å². The van der Waals surface area contributed by atoms with Crippen LogP contribution in [0.2, 0.25) is 0 Å². The molecule has 0 saturated heterocycles. The molecule has 190 valence electrons. The van der Waals surface area contributed by atoms with Crippen LogP contribution in [0.1, 0.15) is 49.2 Å². The van der Waals surface area contributed by atoms with Crippen LogP contribution in [0.4, 0.5) is 5.69 Å². The Balaban J connectivity index is 2.41. The summed E-state index contributed by atoms with van der Waals surface area (Å²) in [5, 5.41) is 2.85. The van der Waals surface area contributed by atoms with Crippen molar-refractivity contribution in [2.75, 3.05) is 23.7 Å². The van der Waals surface area contributed by atoms with E-state index in [-0.39, 0.29) is 29.8 Å². The van der Waals surface area contributed by atoms with Crippen LogP contribution in [0.15, 0.2) is 48.5 Å². The summed E-state index contributed by atoms with van der Waals surface area (Å²) in [6, 6.07) is 12.9. The summed E-state index contributed by atoms with van der Waals surface area (Å²) in [5.41, 5.74) is 2.37. The van der Waals surface area contributed by atoms with E-state index in [2.05, 4.69) is 5.32 Å². The molecule has 0 aliphatic carbocycles. The molecule has 0 fully saturated rings. The highest BCUT2D eigenvalue weighted by atomic mass is 32.2. The molecule has 0 saturated carbocycles. The van der Waals surface area contributed by atoms with Gasteiger partial charge in [0.1, 0.15) is 12.6 Å². The number of benzene rings is 2. The van der Waals surface area contributed by atoms with Crippen LogP contribution in [0.5, 0.6) is 0 Å². The maximum absolute atomic E-state index is 13.5. The fourth-order valence-electron chi connectivity index (χ4n) is 3.54. The molecule has 0 unspecified atom stereocenters. The molecule has 1 atom stereocenters. The maximum Gasteiger partial charge on any atom is 0.244 e. The molecule has 2 amide bonds. The molecule has 0 heterocycles. The predicted molar refractivity (Wildman–Crippen MR) is 138 cm³/mol. The van der Waals surface area contributed by atoms with Gasteiger partial charge in [0, 0.05) is 18.7 Å². The van der Waals surface area contributed by atoms with E-state index in [1.807, 2.05) is 45.0 Å². The summed E-state index contributed by atoms with van der Waals surface area (Å²) in [4.78, 5) is 39.6. The number of hydrogen-bond acceptors (Lipinski definition) is 5. The number of anilines is 1. The summed E-state index contributed by atoms with van der Waals surface area (Å²) in [6.45, 7) is 8.99. The zero-order valence-electron chi connectivity index (χ0n) is 21.2. The van der Waals surface area contributed by atoms with E-state index in [1.165, 1.54) is 24.0 Å². The number of sulfonamides is 1. The van der Waals surface area contributed by atoms with Gasteiger partial charge in [-0.3, -0.25) is 18.7 Å². The van der Waals surface area contributed by atoms with Crippen LogP contribution in [-0.4, -0.2) is 56.3 Å². The van der Waals surface area contributed by atoms with E-state index in [9.17, 15) is 22.8 Å². The van der Waals surface area contributed by atoms with E-state index in [0.717, 1.165) is 21.7 Å². The van der Waals surface area contributed by atoms with Crippen molar-refractivity contribution in [2.24, 2.45) is 5.92 Å². The topological polar surface area (TPSA) is 104 Å². The van der Waals surface area contributed by atoms with Crippen molar-refractivity contribution in [3.8, 4) is 0 Å². The highest BCUT2D eigenvalue weighted by Crippen LogP contribution is 2.21. The molecule has 2 aromatic carbocycles. The normalized spacial score (nSPS) is 12.2. The minimum absolute atomic E-state index is 0.141. The Labute approximate surface area is 208 Å². The standard InChI is InChI=1S/C26H35N3O5S/c1-18(2)15-27-26(32)20(4)28(16-22-10-7-9-19(3)13-22)25(31)17-29(35(6,33)34)24-12-8-11-23(14-24)21(5)30/h7-14,18,20H,15-17H2,1-6H3,(H,27,32)/t20-/m0/s1. The zero-order chi connectivity index (χ0) is 26.3. The second-order valence-corrected chi connectivity index (χ2v) is 11.1. The van der Waals surface area contributed by atoms with Gasteiger partial charge in [-0.15, -0.1) is 0 Å². The second kappa shape index (κ2) is 12.0. The summed E-state index contributed by atoms with van der Waals surface area (Å²) in [6.07, 6.45) is 1.00. The van der Waals surface area contributed by atoms with E-state index >= 15 is 0 Å². The van der Waals surface area contributed by atoms with Gasteiger partial charge in [0.25, 0.3) is 0 Å². The van der Waals surface area contributed by atoms with Gasteiger partial charge >= 0.3 is 0 Å². The van der Waals surface area contributed by atoms with E-state index in [1.54, 1.807) is 19.1 Å². The molecule has 0 aliphatic rings. The number of Topliss-reactive ketones (excluding diaryl/α,β-unsaturated/α-hetero) is 1. The molecular formula is C26H35N3O5S. The molecule has 35 heavy (non-hydrogen) atoms. The van der Waals surface area contributed by atoms with E-state index < -0.39 is 28.5 Å². The number of aryl methyl sites for hydroxylation is 1. The first kappa shape index (κ1) is 28.0. The largest absolute Gasteiger partial charge is 0.354 e. The number of ketones is 1. The highest BCUT2D eigenvalue weighted by Gasteiger charge is 2.30. The van der Waals surface area contributed by atoms with Crippen molar-refractivity contribution in [1.82, 2.24) is 10.2 Å². The molecule has 8 nitrogen and oxygen atoms in total. The van der Waals surface area contributed by atoms with Gasteiger partial charge in [-0.25, -0.2) is 8.42 Å². The lowest BCUT2D eigenvalue weighted by Crippen LogP contribution is -2.51. The summed E-state index contributed by atoms with van der Waals surface area (Å²) in [5.74, 6) is -0.828. The Bertz CT molecular complexity index is 1180. The molecular weight excluding hydrogens is 466 g/mol. The van der Waals surface area contributed by atoms with Crippen LogP contribution in [0.25, 0.3) is 0 Å². The third-order valence-electron chi connectivity index (χ3n) is 5.51. The zero-order valence-corrected chi connectivity index (χ0v) is 22.1. The smallest absolute Gasteiger partial charge is 0.244 e. The number of carbonyl (C=O) groups excluding carboxylic acids is 3. The van der Waals surface area contributed by atoms with Crippen LogP contribution >= 0.6 is 0 Å². The van der Waals surface area contributed by atoms with Gasteiger partial charge in [-0.1, -0.05) is 55.8 Å². The Kier molecular flexibility index (Phi) is 9.59. The summed E-state index contributed by atoms with van der Waals surface area (Å²) < 4.78 is 26.3. The lowest BCUT2D eigenvalue weighted by Gasteiger charge is -2.31. The maximum atomic E-state index is 13.5. The molecule has 0 bridgehead atoms. The Hall–Kier alpha value is -3.20. The molecule has 2 aromatic rings. The third-order valence-corrected chi connectivity index (χ3v) is 6.65. The van der Waals surface area contributed by atoms with Gasteiger partial charge in [0.2, 0.25) is 21.8 Å². The molecule has 0 aliphatic heterocycles. The predicted octanol–water partition coefficient (Wildman–Crippen LogP) is 3.15. The lowest BCUT2D eigenvalue weighted by molar-refractivity contribution is -0.139. The Morgan fingerprint density at radius 3 is 2.23 bits per heavy atom. The number of nitrogens with zero attached hydrogens (tertiary/aromatic N) is 2. The Morgan fingerprint density at radius 2 is 1.66 bits per heavy atom. The first-order valence-electron chi connectivity index (χ1n) is 11.5. The van der Waals surface area contributed by atoms with Crippen molar-refractivity contribution in [3.05, 3.63) is 65.2 Å². The van der Waals surface area contributed by atoms with Crippen LogP contribution in [-0.2, 0) is 26.2 Å². The Morgan fingerprint density at radius 1 is 1.00 bits per heavy atom. The second-order valence-electron chi connectivity index (χ2n) is 9.20. The number of rotatable bonds is 11. The van der Waals surface area contributed by atoms with Crippen molar-refractivity contribution in [1.29, 1.82) is 0 Å². The number of nitrogens with one attached hydrogen (secondary N) is 1. The number of amides is 2. The molecule has 0 radical (unpaired) electrons. The minimum Gasteiger partial charge on any atom is -0.354 e. The fraction of sp³-hybridized carbons (Fsp3) is 0.423. The van der Waals surface area contributed by atoms with Crippen LogP contribution < -0.4 is 9.62 Å². The van der Waals surface area contributed by atoms with Gasteiger partial charge in [0.05, 0.1) is 11.9 Å². The van der Waals surface area contributed by atoms with Gasteiger partial charge in [0.15, 0.2) is 5.78 Å². The van der Waals surface area contributed by atoms with Crippen LogP contribution in [0, 0.1) is 12.8 Å². The SMILES string of the molecule is CC(=O)c1cccc(N(CC(=O)N(Cc2cccc(C)c2)[C@@H](C)C(=O)NCC(C)C)S(C)(=O)=O)c1. The highest BCUT2D eigenvalue weighted by molar-refractivity contribution is 7.92. The number of hydrogen-bond donors (Lipinski definition) is 1. The minimum atomic E-state index is -3.86.